The smallest absolute Gasteiger partial charge is 0.124 e. The number of benzene rings is 1. The Morgan fingerprint density at radius 3 is 2.79 bits per heavy atom. The number of hydrogen-bond acceptors (Lipinski definition) is 5. The fourth-order valence-electron chi connectivity index (χ4n) is 2.30. The lowest BCUT2D eigenvalue weighted by Crippen LogP contribution is -2.36. The number of anilines is 1. The van der Waals surface area contributed by atoms with Crippen molar-refractivity contribution in [3.05, 3.63) is 23.8 Å². The van der Waals surface area contributed by atoms with Crippen LogP contribution in [0.5, 0.6) is 5.75 Å². The third-order valence-corrected chi connectivity index (χ3v) is 3.35. The molecule has 106 valence electrons. The summed E-state index contributed by atoms with van der Waals surface area (Å²) < 4.78 is 10.7. The number of aliphatic hydroxyl groups is 1. The molecule has 0 aliphatic carbocycles. The molecule has 0 aromatic heterocycles. The molecule has 1 unspecified atom stereocenters. The van der Waals surface area contributed by atoms with Gasteiger partial charge in [-0.05, 0) is 25.2 Å². The van der Waals surface area contributed by atoms with E-state index in [1.165, 1.54) is 0 Å². The van der Waals surface area contributed by atoms with E-state index in [4.69, 9.17) is 9.47 Å². The van der Waals surface area contributed by atoms with Gasteiger partial charge in [-0.3, -0.25) is 0 Å². The van der Waals surface area contributed by atoms with Crippen LogP contribution in [-0.4, -0.2) is 52.1 Å². The molecule has 19 heavy (non-hydrogen) atoms. The standard InChI is InChI=1S/C14H22N2O3/c1-15-10-13(17)12-9-11(3-4-14(12)18-2)16-5-7-19-8-6-16/h3-4,9,13,15,17H,5-8,10H2,1-2H3. The van der Waals surface area contributed by atoms with E-state index in [-0.39, 0.29) is 0 Å². The van der Waals surface area contributed by atoms with Crippen LogP contribution < -0.4 is 15.0 Å². The monoisotopic (exact) mass is 266 g/mol. The second-order valence-electron chi connectivity index (χ2n) is 4.60. The van der Waals surface area contributed by atoms with Crippen molar-refractivity contribution in [1.29, 1.82) is 0 Å². The van der Waals surface area contributed by atoms with Crippen LogP contribution in [0.4, 0.5) is 5.69 Å². The lowest BCUT2D eigenvalue weighted by atomic mass is 10.1. The molecule has 1 aliphatic rings. The van der Waals surface area contributed by atoms with Crippen LogP contribution in [0.15, 0.2) is 18.2 Å². The van der Waals surface area contributed by atoms with Gasteiger partial charge in [0.15, 0.2) is 0 Å². The topological polar surface area (TPSA) is 54.0 Å². The molecule has 0 saturated carbocycles. The molecule has 2 rings (SSSR count). The second kappa shape index (κ2) is 6.75. The van der Waals surface area contributed by atoms with E-state index in [0.29, 0.717) is 6.54 Å². The van der Waals surface area contributed by atoms with Crippen LogP contribution in [0.3, 0.4) is 0 Å². The van der Waals surface area contributed by atoms with Crippen molar-refractivity contribution in [2.45, 2.75) is 6.10 Å². The predicted molar refractivity (Wildman–Crippen MR) is 74.9 cm³/mol. The Bertz CT molecular complexity index is 406. The Kier molecular flexibility index (Phi) is 5.01. The summed E-state index contributed by atoms with van der Waals surface area (Å²) in [5.74, 6) is 0.722. The number of hydrogen-bond donors (Lipinski definition) is 2. The van der Waals surface area contributed by atoms with Gasteiger partial charge < -0.3 is 24.8 Å². The van der Waals surface area contributed by atoms with E-state index >= 15 is 0 Å². The van der Waals surface area contributed by atoms with Crippen molar-refractivity contribution in [2.24, 2.45) is 0 Å². The molecule has 1 fully saturated rings. The molecule has 2 N–H and O–H groups in total. The molecule has 0 spiro atoms. The summed E-state index contributed by atoms with van der Waals surface area (Å²) in [6, 6.07) is 5.95. The molecule has 1 heterocycles. The highest BCUT2D eigenvalue weighted by Crippen LogP contribution is 2.30. The van der Waals surface area contributed by atoms with Gasteiger partial charge in [0.05, 0.1) is 26.4 Å². The lowest BCUT2D eigenvalue weighted by molar-refractivity contribution is 0.122. The molecule has 0 bridgehead atoms. The summed E-state index contributed by atoms with van der Waals surface area (Å²) in [6.45, 7) is 3.77. The number of rotatable bonds is 5. The van der Waals surface area contributed by atoms with Crippen LogP contribution in [0.1, 0.15) is 11.7 Å². The zero-order valence-corrected chi connectivity index (χ0v) is 11.6. The highest BCUT2D eigenvalue weighted by molar-refractivity contribution is 5.54. The molecule has 1 aromatic rings. The molecule has 5 heteroatoms. The summed E-state index contributed by atoms with van der Waals surface area (Å²) in [6.07, 6.45) is -0.569. The Morgan fingerprint density at radius 1 is 1.42 bits per heavy atom. The maximum Gasteiger partial charge on any atom is 0.124 e. The third kappa shape index (κ3) is 3.37. The van der Waals surface area contributed by atoms with Gasteiger partial charge in [0.1, 0.15) is 5.75 Å². The minimum Gasteiger partial charge on any atom is -0.496 e. The fraction of sp³-hybridized carbons (Fsp3) is 0.571. The summed E-state index contributed by atoms with van der Waals surface area (Å²) in [5, 5.41) is 13.1. The Morgan fingerprint density at radius 2 is 2.16 bits per heavy atom. The molecular formula is C14H22N2O3. The van der Waals surface area contributed by atoms with Crippen LogP contribution in [-0.2, 0) is 4.74 Å². The molecule has 5 nitrogen and oxygen atoms in total. The highest BCUT2D eigenvalue weighted by atomic mass is 16.5. The van der Waals surface area contributed by atoms with Crippen molar-refractivity contribution in [3.8, 4) is 5.75 Å². The number of aliphatic hydroxyl groups excluding tert-OH is 1. The van der Waals surface area contributed by atoms with Crippen molar-refractivity contribution >= 4 is 5.69 Å². The quantitative estimate of drug-likeness (QED) is 0.825. The summed E-state index contributed by atoms with van der Waals surface area (Å²) >= 11 is 0. The van der Waals surface area contributed by atoms with E-state index in [1.807, 2.05) is 25.2 Å². The SMILES string of the molecule is CNCC(O)c1cc(N2CCOCC2)ccc1OC. The van der Waals surface area contributed by atoms with Gasteiger partial charge >= 0.3 is 0 Å². The molecule has 1 saturated heterocycles. The molecule has 0 radical (unpaired) electrons. The number of nitrogens with zero attached hydrogens (tertiary/aromatic N) is 1. The van der Waals surface area contributed by atoms with Crippen molar-refractivity contribution in [2.75, 3.05) is 51.9 Å². The normalized spacial score (nSPS) is 17.3. The average Bonchev–Trinajstić information content (AvgIpc) is 2.47. The number of morpholine rings is 1. The maximum atomic E-state index is 10.2. The summed E-state index contributed by atoms with van der Waals surface area (Å²) in [7, 11) is 3.45. The molecule has 1 atom stereocenters. The first kappa shape index (κ1) is 14.1. The van der Waals surface area contributed by atoms with Crippen LogP contribution >= 0.6 is 0 Å². The van der Waals surface area contributed by atoms with Crippen LogP contribution in [0, 0.1) is 0 Å². The lowest BCUT2D eigenvalue weighted by Gasteiger charge is -2.29. The third-order valence-electron chi connectivity index (χ3n) is 3.35. The molecule has 1 aliphatic heterocycles. The van der Waals surface area contributed by atoms with Gasteiger partial charge in [0.25, 0.3) is 0 Å². The largest absolute Gasteiger partial charge is 0.496 e. The van der Waals surface area contributed by atoms with Gasteiger partial charge in [-0.2, -0.15) is 0 Å². The molecular weight excluding hydrogens is 244 g/mol. The minimum atomic E-state index is -0.569. The molecule has 0 amide bonds. The van der Waals surface area contributed by atoms with Crippen molar-refractivity contribution < 1.29 is 14.6 Å². The first-order valence-electron chi connectivity index (χ1n) is 6.59. The number of likely N-dealkylation sites (N-methyl/N-ethyl adjacent to an activating group) is 1. The molecule has 1 aromatic carbocycles. The van der Waals surface area contributed by atoms with Crippen LogP contribution in [0.25, 0.3) is 0 Å². The van der Waals surface area contributed by atoms with Gasteiger partial charge in [-0.25, -0.2) is 0 Å². The Balaban J connectivity index is 2.23. The van der Waals surface area contributed by atoms with Gasteiger partial charge in [-0.15, -0.1) is 0 Å². The Labute approximate surface area is 114 Å². The highest BCUT2D eigenvalue weighted by Gasteiger charge is 2.17. The summed E-state index contributed by atoms with van der Waals surface area (Å²) in [5.41, 5.74) is 1.93. The van der Waals surface area contributed by atoms with Gasteiger partial charge in [0.2, 0.25) is 0 Å². The van der Waals surface area contributed by atoms with Gasteiger partial charge in [0, 0.05) is 30.9 Å². The number of methoxy groups -OCH3 is 1. The summed E-state index contributed by atoms with van der Waals surface area (Å²) in [4.78, 5) is 2.26. The maximum absolute atomic E-state index is 10.2. The number of ether oxygens (including phenoxy) is 2. The van der Waals surface area contributed by atoms with Gasteiger partial charge in [-0.1, -0.05) is 0 Å². The van der Waals surface area contributed by atoms with E-state index in [2.05, 4.69) is 10.2 Å². The van der Waals surface area contributed by atoms with Crippen LogP contribution in [0.2, 0.25) is 0 Å². The van der Waals surface area contributed by atoms with Crippen molar-refractivity contribution in [3.63, 3.8) is 0 Å². The van der Waals surface area contributed by atoms with E-state index in [1.54, 1.807) is 7.11 Å². The first-order valence-corrected chi connectivity index (χ1v) is 6.59. The van der Waals surface area contributed by atoms with E-state index in [0.717, 1.165) is 43.3 Å². The van der Waals surface area contributed by atoms with Crippen molar-refractivity contribution in [1.82, 2.24) is 5.32 Å². The first-order chi connectivity index (χ1) is 9.26. The van der Waals surface area contributed by atoms with E-state index < -0.39 is 6.10 Å². The van der Waals surface area contributed by atoms with E-state index in [9.17, 15) is 5.11 Å². The zero-order chi connectivity index (χ0) is 13.7. The zero-order valence-electron chi connectivity index (χ0n) is 11.6. The second-order valence-corrected chi connectivity index (χ2v) is 4.60. The average molecular weight is 266 g/mol. The minimum absolute atomic E-state index is 0.503. The number of nitrogens with one attached hydrogen (secondary N) is 1. The Hall–Kier alpha value is -1.30. The predicted octanol–water partition coefficient (Wildman–Crippen LogP) is 0.785. The fourth-order valence-corrected chi connectivity index (χ4v) is 2.30.